The number of hydrogen-bond acceptors (Lipinski definition) is 6. The molecule has 0 saturated carbocycles. The number of anilines is 1. The molecule has 0 N–H and O–H groups in total. The van der Waals surface area contributed by atoms with Crippen LogP contribution in [-0.4, -0.2) is 17.6 Å². The van der Waals surface area contributed by atoms with Gasteiger partial charge in [0, 0.05) is 14.5 Å². The normalized spacial score (nSPS) is 19.2. The largest absolute Gasteiger partial charge is 0.461 e. The maximum atomic E-state index is 13.1. The zero-order valence-electron chi connectivity index (χ0n) is 21.2. The van der Waals surface area contributed by atoms with Gasteiger partial charge in [-0.25, -0.2) is 9.80 Å². The average Bonchev–Trinajstić information content (AvgIpc) is 3.47. The number of hydrogen-bond donors (Lipinski definition) is 0. The summed E-state index contributed by atoms with van der Waals surface area (Å²) in [4.78, 5) is 13.1. The molecule has 39 heavy (non-hydrogen) atoms. The molecule has 0 aliphatic carbocycles. The molecule has 196 valence electrons. The van der Waals surface area contributed by atoms with Crippen molar-refractivity contribution in [1.29, 1.82) is 0 Å². The van der Waals surface area contributed by atoms with Crippen LogP contribution in [0, 0.1) is 6.92 Å². The first kappa shape index (κ1) is 26.7. The maximum Gasteiger partial charge on any atom is 0.365 e. The summed E-state index contributed by atoms with van der Waals surface area (Å²) in [5.74, 6) is -0.403. The minimum absolute atomic E-state index is 0.293. The van der Waals surface area contributed by atoms with Crippen LogP contribution in [0.15, 0.2) is 111 Å². The van der Waals surface area contributed by atoms with Crippen LogP contribution in [0.3, 0.4) is 0 Å². The zero-order valence-corrected chi connectivity index (χ0v) is 26.0. The quantitative estimate of drug-likeness (QED) is 0.197. The number of rotatable bonds is 5. The lowest BCUT2D eigenvalue weighted by Gasteiger charge is -2.37. The number of fused-ring (bicyclic) bond motifs is 2. The fraction of sp³-hybridized carbons (Fsp3) is 0.161. The van der Waals surface area contributed by atoms with Gasteiger partial charge in [0.1, 0.15) is 0 Å². The molecule has 4 aromatic carbocycles. The lowest BCUT2D eigenvalue weighted by atomic mass is 9.82. The van der Waals surface area contributed by atoms with E-state index in [1.54, 1.807) is 11.8 Å². The van der Waals surface area contributed by atoms with Crippen LogP contribution in [0.4, 0.5) is 5.69 Å². The number of nitrogens with zero attached hydrogens (tertiary/aromatic N) is 2. The van der Waals surface area contributed by atoms with E-state index in [9.17, 15) is 4.79 Å². The molecular weight excluding hydrogens is 656 g/mol. The van der Waals surface area contributed by atoms with Crippen molar-refractivity contribution >= 4 is 72.1 Å². The Morgan fingerprint density at radius 3 is 1.97 bits per heavy atom. The molecule has 8 heteroatoms. The van der Waals surface area contributed by atoms with E-state index >= 15 is 0 Å². The summed E-state index contributed by atoms with van der Waals surface area (Å²) >= 11 is 10.5. The van der Waals surface area contributed by atoms with Crippen LogP contribution in [0.2, 0.25) is 0 Å². The highest BCUT2D eigenvalue weighted by atomic mass is 79.9. The van der Waals surface area contributed by atoms with Crippen LogP contribution in [0.1, 0.15) is 34.7 Å². The first-order valence-electron chi connectivity index (χ1n) is 12.5. The summed E-state index contributed by atoms with van der Waals surface area (Å²) in [6, 6.07) is 33.9. The summed E-state index contributed by atoms with van der Waals surface area (Å²) in [6.45, 7) is 4.18. The van der Waals surface area contributed by atoms with Gasteiger partial charge in [-0.1, -0.05) is 122 Å². The molecule has 1 spiro atoms. The van der Waals surface area contributed by atoms with Crippen LogP contribution >= 0.6 is 55.4 Å². The molecule has 0 saturated heterocycles. The Labute approximate surface area is 253 Å². The summed E-state index contributed by atoms with van der Waals surface area (Å²) in [5.41, 5.74) is 6.65. The van der Waals surface area contributed by atoms with E-state index in [0.717, 1.165) is 36.9 Å². The van der Waals surface area contributed by atoms with Crippen LogP contribution in [0.25, 0.3) is 0 Å². The number of carbonyl (C=O) groups is 1. The Balaban J connectivity index is 1.62. The van der Waals surface area contributed by atoms with E-state index in [0.29, 0.717) is 11.7 Å². The van der Waals surface area contributed by atoms with Crippen LogP contribution in [-0.2, 0) is 18.5 Å². The SMILES string of the molecule is CCOC(=O)C1=NN(c2ccc(C)cc2)[C@@]2(S1)SC(c1ccc(Br)cc1)(c1ccc(Br)cc1)c1ccccc12. The molecule has 1 atom stereocenters. The van der Waals surface area contributed by atoms with Crippen LogP contribution in [0.5, 0.6) is 0 Å². The van der Waals surface area contributed by atoms with Crippen molar-refractivity contribution in [3.63, 3.8) is 0 Å². The number of ether oxygens (including phenoxy) is 1. The van der Waals surface area contributed by atoms with Gasteiger partial charge in [0.05, 0.1) is 17.0 Å². The number of carbonyl (C=O) groups excluding carboxylic acids is 1. The van der Waals surface area contributed by atoms with Crippen LogP contribution < -0.4 is 5.01 Å². The lowest BCUT2D eigenvalue weighted by molar-refractivity contribution is -0.134. The van der Waals surface area contributed by atoms with Crippen molar-refractivity contribution in [3.05, 3.63) is 134 Å². The van der Waals surface area contributed by atoms with E-state index in [-0.39, 0.29) is 0 Å². The Kier molecular flexibility index (Phi) is 7.16. The summed E-state index contributed by atoms with van der Waals surface area (Å²) in [7, 11) is 0. The highest BCUT2D eigenvalue weighted by Gasteiger charge is 2.62. The van der Waals surface area contributed by atoms with Gasteiger partial charge in [0.2, 0.25) is 5.04 Å². The van der Waals surface area contributed by atoms with Gasteiger partial charge in [-0.15, -0.1) is 0 Å². The predicted octanol–water partition coefficient (Wildman–Crippen LogP) is 8.80. The Morgan fingerprint density at radius 2 is 1.41 bits per heavy atom. The van der Waals surface area contributed by atoms with Gasteiger partial charge in [0.15, 0.2) is 4.20 Å². The number of benzene rings is 4. The third kappa shape index (κ3) is 4.46. The van der Waals surface area contributed by atoms with Crippen molar-refractivity contribution in [2.24, 2.45) is 5.10 Å². The van der Waals surface area contributed by atoms with E-state index in [2.05, 4.69) is 136 Å². The molecule has 2 heterocycles. The predicted molar refractivity (Wildman–Crippen MR) is 169 cm³/mol. The number of aryl methyl sites for hydroxylation is 1. The van der Waals surface area contributed by atoms with Gasteiger partial charge >= 0.3 is 5.97 Å². The minimum atomic E-state index is -0.742. The van der Waals surface area contributed by atoms with E-state index in [1.807, 2.05) is 11.9 Å². The number of hydrazone groups is 1. The second-order valence-electron chi connectivity index (χ2n) is 9.30. The second kappa shape index (κ2) is 10.5. The molecule has 2 aliphatic heterocycles. The second-order valence-corrected chi connectivity index (χ2v) is 14.0. The highest BCUT2D eigenvalue weighted by Crippen LogP contribution is 2.71. The smallest absolute Gasteiger partial charge is 0.365 e. The molecule has 2 aliphatic rings. The highest BCUT2D eigenvalue weighted by molar-refractivity contribution is 9.10. The third-order valence-corrected chi connectivity index (χ3v) is 11.2. The monoisotopic (exact) mass is 678 g/mol. The Hall–Kier alpha value is -2.52. The van der Waals surface area contributed by atoms with E-state index < -0.39 is 14.9 Å². The molecule has 0 fully saturated rings. The molecular formula is C31H24Br2N2O2S2. The fourth-order valence-corrected chi connectivity index (χ4v) is 9.21. The standard InChI is InChI=1S/C31H24Br2N2O2S2/c1-3-37-29(36)28-34-35(25-18-8-20(2)9-19-25)31(38-28)27-7-5-4-6-26(27)30(39-31,21-10-14-23(32)15-11-21)22-12-16-24(33)17-13-22/h4-19H,3H2,1-2H3/t31-/m0/s1. The molecule has 0 amide bonds. The molecule has 4 nitrogen and oxygen atoms in total. The van der Waals surface area contributed by atoms with Crippen molar-refractivity contribution in [3.8, 4) is 0 Å². The number of thioether (sulfide) groups is 2. The zero-order chi connectivity index (χ0) is 27.2. The minimum Gasteiger partial charge on any atom is -0.461 e. The Bertz CT molecular complexity index is 1530. The van der Waals surface area contributed by atoms with Gasteiger partial charge in [-0.2, -0.15) is 5.10 Å². The lowest BCUT2D eigenvalue weighted by Crippen LogP contribution is -2.34. The van der Waals surface area contributed by atoms with Crippen molar-refractivity contribution in [2.75, 3.05) is 11.6 Å². The van der Waals surface area contributed by atoms with Crippen molar-refractivity contribution < 1.29 is 9.53 Å². The average molecular weight is 680 g/mol. The topological polar surface area (TPSA) is 41.9 Å². The van der Waals surface area contributed by atoms with Gasteiger partial charge < -0.3 is 4.74 Å². The molecule has 4 aromatic rings. The van der Waals surface area contributed by atoms with Gasteiger partial charge in [-0.3, -0.25) is 0 Å². The van der Waals surface area contributed by atoms with Crippen molar-refractivity contribution in [1.82, 2.24) is 0 Å². The molecule has 6 rings (SSSR count). The Morgan fingerprint density at radius 1 is 0.846 bits per heavy atom. The first-order valence-corrected chi connectivity index (χ1v) is 15.7. The molecule has 0 bridgehead atoms. The first-order chi connectivity index (χ1) is 18.9. The van der Waals surface area contributed by atoms with E-state index in [1.165, 1.54) is 17.3 Å². The maximum absolute atomic E-state index is 13.1. The molecule has 0 aromatic heterocycles. The number of esters is 1. The van der Waals surface area contributed by atoms with Gasteiger partial charge in [0.25, 0.3) is 0 Å². The van der Waals surface area contributed by atoms with E-state index in [4.69, 9.17) is 9.84 Å². The summed E-state index contributed by atoms with van der Waals surface area (Å²) < 4.78 is 6.17. The van der Waals surface area contributed by atoms with Crippen molar-refractivity contribution in [2.45, 2.75) is 22.8 Å². The summed E-state index contributed by atoms with van der Waals surface area (Å²) in [5, 5.41) is 7.28. The number of halogens is 2. The molecule has 0 radical (unpaired) electrons. The molecule has 0 unspecified atom stereocenters. The fourth-order valence-electron chi connectivity index (χ4n) is 5.12. The summed E-state index contributed by atoms with van der Waals surface area (Å²) in [6.07, 6.45) is 0. The van der Waals surface area contributed by atoms with Gasteiger partial charge in [-0.05, 0) is 66.9 Å². The third-order valence-electron chi connectivity index (χ3n) is 6.87.